The fourth-order valence-corrected chi connectivity index (χ4v) is 2.33. The van der Waals surface area contributed by atoms with Crippen LogP contribution in [0.15, 0.2) is 0 Å². The molecular weight excluding hydrogens is 214 g/mol. The summed E-state index contributed by atoms with van der Waals surface area (Å²) in [7, 11) is 2.13. The topological polar surface area (TPSA) is 41.7 Å². The summed E-state index contributed by atoms with van der Waals surface area (Å²) in [6, 6.07) is 0. The molecule has 0 amide bonds. The molecule has 0 aromatic rings. The first-order valence-corrected chi connectivity index (χ1v) is 6.95. The Morgan fingerprint density at radius 3 is 2.71 bits per heavy atom. The molecule has 17 heavy (non-hydrogen) atoms. The second-order valence-electron chi connectivity index (χ2n) is 5.13. The quantitative estimate of drug-likeness (QED) is 0.649. The van der Waals surface area contributed by atoms with Crippen LogP contribution in [-0.2, 0) is 4.74 Å². The summed E-state index contributed by atoms with van der Waals surface area (Å²) < 4.78 is 5.84. The zero-order valence-electron chi connectivity index (χ0n) is 11.5. The van der Waals surface area contributed by atoms with Gasteiger partial charge < -0.3 is 20.3 Å². The first-order valence-electron chi connectivity index (χ1n) is 6.95. The van der Waals surface area contributed by atoms with Crippen molar-refractivity contribution < 1.29 is 4.74 Å². The van der Waals surface area contributed by atoms with Gasteiger partial charge in [0.2, 0.25) is 0 Å². The minimum absolute atomic E-state index is 0.320. The average molecular weight is 243 g/mol. The second kappa shape index (κ2) is 8.86. The summed E-state index contributed by atoms with van der Waals surface area (Å²) in [6.07, 6.45) is 4.10. The highest BCUT2D eigenvalue weighted by molar-refractivity contribution is 4.66. The highest BCUT2D eigenvalue weighted by atomic mass is 16.5. The Bertz CT molecular complexity index is 184. The van der Waals surface area contributed by atoms with E-state index >= 15 is 0 Å². The van der Waals surface area contributed by atoms with Gasteiger partial charge in [-0.3, -0.25) is 0 Å². The Morgan fingerprint density at radius 1 is 1.35 bits per heavy atom. The highest BCUT2D eigenvalue weighted by Gasteiger charge is 2.12. The van der Waals surface area contributed by atoms with Crippen LogP contribution in [-0.4, -0.2) is 68.8 Å². The molecule has 1 heterocycles. The lowest BCUT2D eigenvalue weighted by Crippen LogP contribution is -2.33. The molecule has 1 aliphatic rings. The van der Waals surface area contributed by atoms with Crippen LogP contribution < -0.4 is 5.73 Å². The lowest BCUT2D eigenvalue weighted by molar-refractivity contribution is 0.0329. The van der Waals surface area contributed by atoms with E-state index in [-0.39, 0.29) is 0 Å². The van der Waals surface area contributed by atoms with E-state index in [1.54, 1.807) is 0 Å². The second-order valence-corrected chi connectivity index (χ2v) is 5.13. The maximum absolute atomic E-state index is 5.84. The fourth-order valence-electron chi connectivity index (χ4n) is 2.33. The van der Waals surface area contributed by atoms with Gasteiger partial charge in [0, 0.05) is 13.1 Å². The summed E-state index contributed by atoms with van der Waals surface area (Å²) in [5, 5.41) is 0. The molecule has 0 aromatic heterocycles. The maximum Gasteiger partial charge on any atom is 0.0674 e. The number of hydrogen-bond acceptors (Lipinski definition) is 4. The predicted molar refractivity (Wildman–Crippen MR) is 72.3 cm³/mol. The molecular formula is C13H29N3O. The zero-order chi connectivity index (χ0) is 12.5. The Balaban J connectivity index is 1.97. The van der Waals surface area contributed by atoms with Crippen molar-refractivity contribution in [2.45, 2.75) is 32.3 Å². The zero-order valence-corrected chi connectivity index (χ0v) is 11.5. The third kappa shape index (κ3) is 6.99. The van der Waals surface area contributed by atoms with E-state index in [2.05, 4.69) is 23.8 Å². The molecule has 2 N–H and O–H groups in total. The molecule has 0 bridgehead atoms. The van der Waals surface area contributed by atoms with E-state index in [0.29, 0.717) is 6.10 Å². The van der Waals surface area contributed by atoms with E-state index < -0.39 is 0 Å². The first-order chi connectivity index (χ1) is 8.22. The van der Waals surface area contributed by atoms with Crippen molar-refractivity contribution in [1.29, 1.82) is 0 Å². The molecule has 0 radical (unpaired) electrons. The smallest absolute Gasteiger partial charge is 0.0674 e. The molecule has 1 fully saturated rings. The van der Waals surface area contributed by atoms with Crippen LogP contribution >= 0.6 is 0 Å². The largest absolute Gasteiger partial charge is 0.376 e. The van der Waals surface area contributed by atoms with Gasteiger partial charge in [0.15, 0.2) is 0 Å². The molecule has 1 rings (SSSR count). The number of hydrogen-bond donors (Lipinski definition) is 1. The molecule has 1 aliphatic heterocycles. The van der Waals surface area contributed by atoms with Crippen LogP contribution in [0.1, 0.15) is 26.2 Å². The van der Waals surface area contributed by atoms with Gasteiger partial charge in [0.05, 0.1) is 12.7 Å². The Labute approximate surface area is 106 Å². The van der Waals surface area contributed by atoms with Gasteiger partial charge in [0.1, 0.15) is 0 Å². The normalized spacial score (nSPS) is 19.1. The third-order valence-electron chi connectivity index (χ3n) is 3.32. The van der Waals surface area contributed by atoms with Gasteiger partial charge in [-0.1, -0.05) is 0 Å². The van der Waals surface area contributed by atoms with Crippen molar-refractivity contribution in [2.24, 2.45) is 5.73 Å². The SMILES string of the molecule is CC(CN(C)CCCN)OCCN1CCCC1. The van der Waals surface area contributed by atoms with Crippen LogP contribution in [0, 0.1) is 0 Å². The van der Waals surface area contributed by atoms with Gasteiger partial charge >= 0.3 is 0 Å². The van der Waals surface area contributed by atoms with Gasteiger partial charge in [0.25, 0.3) is 0 Å². The van der Waals surface area contributed by atoms with E-state index in [1.807, 2.05) is 0 Å². The van der Waals surface area contributed by atoms with Crippen molar-refractivity contribution in [3.63, 3.8) is 0 Å². The predicted octanol–water partition coefficient (Wildman–Crippen LogP) is 0.768. The molecule has 4 nitrogen and oxygen atoms in total. The van der Waals surface area contributed by atoms with Crippen LogP contribution in [0.3, 0.4) is 0 Å². The number of nitrogens with zero attached hydrogens (tertiary/aromatic N) is 2. The minimum atomic E-state index is 0.320. The number of likely N-dealkylation sites (tertiary alicyclic amines) is 1. The molecule has 1 atom stereocenters. The molecule has 0 spiro atoms. The monoisotopic (exact) mass is 243 g/mol. The molecule has 1 unspecified atom stereocenters. The maximum atomic E-state index is 5.84. The van der Waals surface area contributed by atoms with Crippen molar-refractivity contribution >= 4 is 0 Å². The molecule has 4 heteroatoms. The van der Waals surface area contributed by atoms with Gasteiger partial charge in [-0.2, -0.15) is 0 Å². The average Bonchev–Trinajstić information content (AvgIpc) is 2.79. The van der Waals surface area contributed by atoms with Crippen LogP contribution in [0.25, 0.3) is 0 Å². The first kappa shape index (κ1) is 14.9. The molecule has 0 saturated carbocycles. The van der Waals surface area contributed by atoms with Gasteiger partial charge in [-0.05, 0) is 59.4 Å². The van der Waals surface area contributed by atoms with Crippen molar-refractivity contribution in [3.05, 3.63) is 0 Å². The van der Waals surface area contributed by atoms with E-state index in [1.165, 1.54) is 25.9 Å². The number of likely N-dealkylation sites (N-methyl/N-ethyl adjacent to an activating group) is 1. The molecule has 1 saturated heterocycles. The summed E-state index contributed by atoms with van der Waals surface area (Å²) in [4.78, 5) is 4.79. The summed E-state index contributed by atoms with van der Waals surface area (Å²) in [5.41, 5.74) is 5.49. The molecule has 0 aromatic carbocycles. The van der Waals surface area contributed by atoms with Crippen LogP contribution in [0.4, 0.5) is 0 Å². The highest BCUT2D eigenvalue weighted by Crippen LogP contribution is 2.06. The Kier molecular flexibility index (Phi) is 7.77. The standard InChI is InChI=1S/C13H29N3O/c1-13(12-15(2)7-5-6-14)17-11-10-16-8-3-4-9-16/h13H,3-12,14H2,1-2H3. The Hall–Kier alpha value is -0.160. The fraction of sp³-hybridized carbons (Fsp3) is 1.00. The van der Waals surface area contributed by atoms with Crippen LogP contribution in [0.5, 0.6) is 0 Å². The van der Waals surface area contributed by atoms with Gasteiger partial charge in [-0.25, -0.2) is 0 Å². The lowest BCUT2D eigenvalue weighted by Gasteiger charge is -2.22. The van der Waals surface area contributed by atoms with Crippen molar-refractivity contribution in [3.8, 4) is 0 Å². The van der Waals surface area contributed by atoms with E-state index in [9.17, 15) is 0 Å². The van der Waals surface area contributed by atoms with Gasteiger partial charge in [-0.15, -0.1) is 0 Å². The summed E-state index contributed by atoms with van der Waals surface area (Å²) in [6.45, 7) is 9.47. The number of rotatable bonds is 9. The van der Waals surface area contributed by atoms with E-state index in [4.69, 9.17) is 10.5 Å². The number of ether oxygens (including phenoxy) is 1. The van der Waals surface area contributed by atoms with E-state index in [0.717, 1.165) is 39.2 Å². The summed E-state index contributed by atoms with van der Waals surface area (Å²) >= 11 is 0. The molecule has 0 aliphatic carbocycles. The van der Waals surface area contributed by atoms with Crippen molar-refractivity contribution in [2.75, 3.05) is 52.9 Å². The third-order valence-corrected chi connectivity index (χ3v) is 3.32. The Morgan fingerprint density at radius 2 is 2.06 bits per heavy atom. The summed E-state index contributed by atoms with van der Waals surface area (Å²) in [5.74, 6) is 0. The van der Waals surface area contributed by atoms with Crippen molar-refractivity contribution in [1.82, 2.24) is 9.80 Å². The van der Waals surface area contributed by atoms with Crippen LogP contribution in [0.2, 0.25) is 0 Å². The minimum Gasteiger partial charge on any atom is -0.376 e. The molecule has 102 valence electrons. The number of nitrogens with two attached hydrogens (primary N) is 1. The lowest BCUT2D eigenvalue weighted by atomic mass is 10.3.